The monoisotopic (exact) mass is 386 g/mol. The highest BCUT2D eigenvalue weighted by Gasteiger charge is 2.26. The van der Waals surface area contributed by atoms with Crippen LogP contribution < -0.4 is 15.4 Å². The number of ether oxygens (including phenoxy) is 2. The van der Waals surface area contributed by atoms with Crippen LogP contribution in [0.1, 0.15) is 33.6 Å². The molecule has 1 aliphatic heterocycles. The number of rotatable bonds is 7. The lowest BCUT2D eigenvalue weighted by Crippen LogP contribution is -2.47. The van der Waals surface area contributed by atoms with Gasteiger partial charge in [0.2, 0.25) is 0 Å². The maximum atomic E-state index is 12.6. The predicted molar refractivity (Wildman–Crippen MR) is 109 cm³/mol. The van der Waals surface area contributed by atoms with Crippen LogP contribution in [0.15, 0.2) is 43.0 Å². The fourth-order valence-corrected chi connectivity index (χ4v) is 3.10. The van der Waals surface area contributed by atoms with E-state index < -0.39 is 0 Å². The van der Waals surface area contributed by atoms with Crippen molar-refractivity contribution in [3.63, 3.8) is 0 Å². The summed E-state index contributed by atoms with van der Waals surface area (Å²) < 4.78 is 13.4. The highest BCUT2D eigenvalue weighted by Crippen LogP contribution is 2.22. The molecule has 0 saturated carbocycles. The fourth-order valence-electron chi connectivity index (χ4n) is 3.10. The van der Waals surface area contributed by atoms with Gasteiger partial charge >= 0.3 is 6.03 Å². The molecule has 7 nitrogen and oxygen atoms in total. The van der Waals surface area contributed by atoms with Crippen molar-refractivity contribution in [2.75, 3.05) is 18.5 Å². The Morgan fingerprint density at radius 1 is 1.43 bits per heavy atom. The Morgan fingerprint density at radius 2 is 2.29 bits per heavy atom. The molecule has 0 radical (unpaired) electrons. The molecule has 0 aliphatic carbocycles. The van der Waals surface area contributed by atoms with Gasteiger partial charge in [-0.25, -0.2) is 9.78 Å². The van der Waals surface area contributed by atoms with Crippen LogP contribution >= 0.6 is 0 Å². The van der Waals surface area contributed by atoms with Crippen molar-refractivity contribution in [2.24, 2.45) is 5.41 Å². The lowest BCUT2D eigenvalue weighted by Gasteiger charge is -2.31. The van der Waals surface area contributed by atoms with Gasteiger partial charge in [0.05, 0.1) is 18.5 Å². The molecule has 1 aromatic heterocycles. The quantitative estimate of drug-likeness (QED) is 0.761. The highest BCUT2D eigenvalue weighted by molar-refractivity contribution is 5.89. The van der Waals surface area contributed by atoms with Crippen LogP contribution in [-0.4, -0.2) is 40.9 Å². The van der Waals surface area contributed by atoms with E-state index in [9.17, 15) is 4.79 Å². The van der Waals surface area contributed by atoms with Gasteiger partial charge in [0, 0.05) is 37.3 Å². The van der Waals surface area contributed by atoms with E-state index in [0.29, 0.717) is 18.8 Å². The van der Waals surface area contributed by atoms with Gasteiger partial charge in [-0.05, 0) is 30.4 Å². The summed E-state index contributed by atoms with van der Waals surface area (Å²) in [6.07, 6.45) is 7.67. The SMILES string of the molecule is CC(C)(C)[C@H](Cn1ccnc1)NC(=O)Nc1cccc(OC[C@H]2CCCO2)c1. The molecular weight excluding hydrogens is 356 g/mol. The van der Waals surface area contributed by atoms with Crippen molar-refractivity contribution in [3.05, 3.63) is 43.0 Å². The number of amides is 2. The van der Waals surface area contributed by atoms with Crippen molar-refractivity contribution >= 4 is 11.7 Å². The van der Waals surface area contributed by atoms with E-state index >= 15 is 0 Å². The molecule has 0 spiro atoms. The minimum absolute atomic E-state index is 0.0550. The minimum Gasteiger partial charge on any atom is -0.491 e. The number of aromatic nitrogens is 2. The van der Waals surface area contributed by atoms with Crippen LogP contribution in [0.3, 0.4) is 0 Å². The Labute approximate surface area is 166 Å². The number of carbonyl (C=O) groups excluding carboxylic acids is 1. The third kappa shape index (κ3) is 5.99. The maximum absolute atomic E-state index is 12.6. The summed E-state index contributed by atoms with van der Waals surface area (Å²) in [6.45, 7) is 8.31. The van der Waals surface area contributed by atoms with E-state index in [0.717, 1.165) is 25.2 Å². The zero-order valence-corrected chi connectivity index (χ0v) is 16.9. The van der Waals surface area contributed by atoms with Crippen molar-refractivity contribution in [2.45, 2.75) is 52.3 Å². The van der Waals surface area contributed by atoms with Gasteiger partial charge in [-0.1, -0.05) is 26.8 Å². The molecule has 28 heavy (non-hydrogen) atoms. The van der Waals surface area contributed by atoms with Gasteiger partial charge in [-0.2, -0.15) is 0 Å². The van der Waals surface area contributed by atoms with Gasteiger partial charge in [-0.3, -0.25) is 0 Å². The molecule has 2 aromatic rings. The first-order chi connectivity index (χ1) is 13.4. The molecule has 1 aromatic carbocycles. The number of urea groups is 1. The predicted octanol–water partition coefficient (Wildman–Crippen LogP) is 3.68. The zero-order valence-electron chi connectivity index (χ0n) is 16.9. The number of nitrogens with one attached hydrogen (secondary N) is 2. The van der Waals surface area contributed by atoms with Crippen molar-refractivity contribution in [1.82, 2.24) is 14.9 Å². The van der Waals surface area contributed by atoms with Gasteiger partial charge < -0.3 is 24.7 Å². The van der Waals surface area contributed by atoms with E-state index in [4.69, 9.17) is 9.47 Å². The number of hydrogen-bond acceptors (Lipinski definition) is 4. The number of anilines is 1. The van der Waals surface area contributed by atoms with Crippen molar-refractivity contribution < 1.29 is 14.3 Å². The normalized spacial score (nSPS) is 17.9. The first kappa shape index (κ1) is 20.2. The number of benzene rings is 1. The molecule has 3 rings (SSSR count). The van der Waals surface area contributed by atoms with Crippen LogP contribution in [0, 0.1) is 5.41 Å². The number of hydrogen-bond donors (Lipinski definition) is 2. The molecule has 2 N–H and O–H groups in total. The molecule has 2 heterocycles. The fraction of sp³-hybridized carbons (Fsp3) is 0.524. The second-order valence-corrected chi connectivity index (χ2v) is 8.25. The van der Waals surface area contributed by atoms with Crippen LogP contribution in [0.25, 0.3) is 0 Å². The van der Waals surface area contributed by atoms with Crippen LogP contribution in [0.2, 0.25) is 0 Å². The summed E-state index contributed by atoms with van der Waals surface area (Å²) in [5, 5.41) is 5.99. The summed E-state index contributed by atoms with van der Waals surface area (Å²) in [6, 6.07) is 7.14. The van der Waals surface area contributed by atoms with E-state index in [1.807, 2.05) is 35.0 Å². The molecule has 1 fully saturated rings. The van der Waals surface area contributed by atoms with Gasteiger partial charge in [-0.15, -0.1) is 0 Å². The Hall–Kier alpha value is -2.54. The maximum Gasteiger partial charge on any atom is 0.319 e. The summed E-state index contributed by atoms with van der Waals surface area (Å²) >= 11 is 0. The lowest BCUT2D eigenvalue weighted by atomic mass is 9.86. The van der Waals surface area contributed by atoms with E-state index in [1.165, 1.54) is 0 Å². The summed E-state index contributed by atoms with van der Waals surface area (Å²) in [5.41, 5.74) is 0.589. The van der Waals surface area contributed by atoms with E-state index in [2.05, 4.69) is 36.4 Å². The number of nitrogens with zero attached hydrogens (tertiary/aromatic N) is 2. The highest BCUT2D eigenvalue weighted by atomic mass is 16.5. The Morgan fingerprint density at radius 3 is 2.96 bits per heavy atom. The Kier molecular flexibility index (Phi) is 6.57. The molecule has 0 bridgehead atoms. The van der Waals surface area contributed by atoms with E-state index in [1.54, 1.807) is 12.5 Å². The summed E-state index contributed by atoms with van der Waals surface area (Å²) in [5.74, 6) is 0.721. The van der Waals surface area contributed by atoms with Gasteiger partial charge in [0.1, 0.15) is 12.4 Å². The van der Waals surface area contributed by atoms with Crippen molar-refractivity contribution in [1.29, 1.82) is 0 Å². The molecule has 7 heteroatoms. The van der Waals surface area contributed by atoms with E-state index in [-0.39, 0.29) is 23.6 Å². The Bertz CT molecular complexity index is 749. The average molecular weight is 386 g/mol. The Balaban J connectivity index is 1.55. The zero-order chi connectivity index (χ0) is 20.0. The molecule has 2 atom stereocenters. The third-order valence-corrected chi connectivity index (χ3v) is 4.86. The largest absolute Gasteiger partial charge is 0.491 e. The number of imidazole rings is 1. The first-order valence-electron chi connectivity index (χ1n) is 9.78. The third-order valence-electron chi connectivity index (χ3n) is 4.86. The van der Waals surface area contributed by atoms with Crippen LogP contribution in [0.5, 0.6) is 5.75 Å². The first-order valence-corrected chi connectivity index (χ1v) is 9.78. The smallest absolute Gasteiger partial charge is 0.319 e. The molecule has 1 aliphatic rings. The average Bonchev–Trinajstić information content (AvgIpc) is 3.33. The second-order valence-electron chi connectivity index (χ2n) is 8.25. The summed E-state index contributed by atoms with van der Waals surface area (Å²) in [7, 11) is 0. The van der Waals surface area contributed by atoms with Gasteiger partial charge in [0.25, 0.3) is 0 Å². The molecule has 0 unspecified atom stereocenters. The molecule has 1 saturated heterocycles. The standard InChI is InChI=1S/C21H30N4O3/c1-21(2,3)19(13-25-10-9-22-15-25)24-20(26)23-16-6-4-7-17(12-16)28-14-18-8-5-11-27-18/h4,6-7,9-10,12,15,18-19H,5,8,11,13-14H2,1-3H3,(H2,23,24,26)/t18-,19+/m1/s1. The van der Waals surface area contributed by atoms with Crippen LogP contribution in [0.4, 0.5) is 10.5 Å². The van der Waals surface area contributed by atoms with Crippen molar-refractivity contribution in [3.8, 4) is 5.75 Å². The number of carbonyl (C=O) groups is 1. The summed E-state index contributed by atoms with van der Waals surface area (Å²) in [4.78, 5) is 16.6. The topological polar surface area (TPSA) is 77.4 Å². The van der Waals surface area contributed by atoms with Crippen LogP contribution in [-0.2, 0) is 11.3 Å². The molecule has 152 valence electrons. The van der Waals surface area contributed by atoms with Gasteiger partial charge in [0.15, 0.2) is 0 Å². The minimum atomic E-state index is -0.240. The second kappa shape index (κ2) is 9.10. The molecule has 2 amide bonds. The molecular formula is C21H30N4O3. The lowest BCUT2D eigenvalue weighted by molar-refractivity contribution is 0.0680.